The van der Waals surface area contributed by atoms with Gasteiger partial charge in [-0.05, 0) is 24.8 Å². The van der Waals surface area contributed by atoms with E-state index in [0.29, 0.717) is 0 Å². The second-order valence-corrected chi connectivity index (χ2v) is 4.90. The van der Waals surface area contributed by atoms with Crippen LogP contribution in [0.5, 0.6) is 0 Å². The third kappa shape index (κ3) is 4.66. The first-order valence-corrected chi connectivity index (χ1v) is 6.70. The fourth-order valence-electron chi connectivity index (χ4n) is 0.356. The SMILES string of the molecule is CSC(=S)C=C(SC)SC. The Hall–Kier alpha value is 0.880. The third-order valence-electron chi connectivity index (χ3n) is 0.839. The highest BCUT2D eigenvalue weighted by atomic mass is 32.2. The molecule has 58 valence electrons. The van der Waals surface area contributed by atoms with Crippen molar-refractivity contribution < 1.29 is 0 Å². The number of thiocarbonyl (C=S) groups is 1. The molecule has 0 aromatic rings. The molecule has 0 rings (SSSR count). The standard InChI is InChI=1S/C6H10S4/c1-8-5(7)4-6(9-2)10-3/h4H,1-3H3. The van der Waals surface area contributed by atoms with Gasteiger partial charge in [0.05, 0.1) is 4.20 Å². The minimum atomic E-state index is 0.957. The third-order valence-corrected chi connectivity index (χ3v) is 4.02. The van der Waals surface area contributed by atoms with Crippen LogP contribution in [0.4, 0.5) is 0 Å². The van der Waals surface area contributed by atoms with Crippen molar-refractivity contribution in [2.24, 2.45) is 0 Å². The zero-order chi connectivity index (χ0) is 7.98. The summed E-state index contributed by atoms with van der Waals surface area (Å²) in [6.45, 7) is 0. The van der Waals surface area contributed by atoms with Crippen LogP contribution in [0.25, 0.3) is 0 Å². The van der Waals surface area contributed by atoms with Crippen molar-refractivity contribution in [2.45, 2.75) is 0 Å². The van der Waals surface area contributed by atoms with Gasteiger partial charge in [-0.25, -0.2) is 0 Å². The molecule has 0 spiro atoms. The molecule has 0 fully saturated rings. The molecule has 0 aromatic carbocycles. The van der Waals surface area contributed by atoms with Crippen molar-refractivity contribution in [1.29, 1.82) is 0 Å². The van der Waals surface area contributed by atoms with Crippen LogP contribution in [-0.4, -0.2) is 23.0 Å². The Balaban J connectivity index is 3.96. The van der Waals surface area contributed by atoms with Gasteiger partial charge in [-0.2, -0.15) is 0 Å². The normalized spacial score (nSPS) is 9.10. The van der Waals surface area contributed by atoms with Gasteiger partial charge in [0.25, 0.3) is 0 Å². The fraction of sp³-hybridized carbons (Fsp3) is 0.500. The van der Waals surface area contributed by atoms with Crippen LogP contribution in [0.3, 0.4) is 0 Å². The van der Waals surface area contributed by atoms with E-state index in [2.05, 4.69) is 12.5 Å². The fourth-order valence-corrected chi connectivity index (χ4v) is 2.15. The van der Waals surface area contributed by atoms with Crippen LogP contribution in [0.2, 0.25) is 0 Å². The average Bonchev–Trinajstić information content (AvgIpc) is 1.99. The smallest absolute Gasteiger partial charge is 0.0719 e. The summed E-state index contributed by atoms with van der Waals surface area (Å²) in [4.78, 5) is 0. The van der Waals surface area contributed by atoms with Crippen LogP contribution >= 0.6 is 47.5 Å². The monoisotopic (exact) mass is 210 g/mol. The minimum absolute atomic E-state index is 0.957. The highest BCUT2D eigenvalue weighted by Crippen LogP contribution is 2.24. The molecule has 0 aromatic heterocycles. The predicted octanol–water partition coefficient (Wildman–Crippen LogP) is 3.24. The first-order valence-electron chi connectivity index (χ1n) is 2.62. The molecule has 0 saturated heterocycles. The van der Waals surface area contributed by atoms with Crippen molar-refractivity contribution in [3.05, 3.63) is 10.3 Å². The molecular weight excluding hydrogens is 200 g/mol. The lowest BCUT2D eigenvalue weighted by atomic mass is 10.7. The second kappa shape index (κ2) is 6.58. The summed E-state index contributed by atoms with van der Waals surface area (Å²) in [5.74, 6) is 0. The van der Waals surface area contributed by atoms with Crippen LogP contribution in [0.1, 0.15) is 0 Å². The van der Waals surface area contributed by atoms with E-state index in [0.717, 1.165) is 4.20 Å². The molecule has 0 saturated carbocycles. The van der Waals surface area contributed by atoms with Gasteiger partial charge in [-0.3, -0.25) is 0 Å². The van der Waals surface area contributed by atoms with Gasteiger partial charge in [0.15, 0.2) is 0 Å². The Bertz CT molecular complexity index is 133. The molecule has 0 nitrogen and oxygen atoms in total. The van der Waals surface area contributed by atoms with E-state index in [9.17, 15) is 0 Å². The maximum atomic E-state index is 5.02. The summed E-state index contributed by atoms with van der Waals surface area (Å²) in [6, 6.07) is 0. The lowest BCUT2D eigenvalue weighted by molar-refractivity contribution is 2.28. The molecule has 0 aliphatic carbocycles. The highest BCUT2D eigenvalue weighted by Gasteiger charge is 1.93. The molecule has 0 unspecified atom stereocenters. The number of thioether (sulfide) groups is 3. The summed E-state index contributed by atoms with van der Waals surface area (Å²) in [5, 5.41) is 0. The molecule has 0 amide bonds. The molecule has 0 aliphatic heterocycles. The van der Waals surface area contributed by atoms with Crippen molar-refractivity contribution in [2.75, 3.05) is 18.8 Å². The molecule has 4 heteroatoms. The van der Waals surface area contributed by atoms with Gasteiger partial charge in [-0.15, -0.1) is 35.3 Å². The van der Waals surface area contributed by atoms with Crippen molar-refractivity contribution in [3.63, 3.8) is 0 Å². The minimum Gasteiger partial charge on any atom is -0.123 e. The molecule has 0 atom stereocenters. The van der Waals surface area contributed by atoms with E-state index in [4.69, 9.17) is 12.2 Å². The molecular formula is C6H10S4. The molecule has 0 aliphatic rings. The molecule has 0 radical (unpaired) electrons. The average molecular weight is 210 g/mol. The summed E-state index contributed by atoms with van der Waals surface area (Å²) in [6.07, 6.45) is 8.16. The maximum Gasteiger partial charge on any atom is 0.0719 e. The largest absolute Gasteiger partial charge is 0.123 e. The zero-order valence-corrected chi connectivity index (χ0v) is 9.48. The van der Waals surface area contributed by atoms with Gasteiger partial charge in [-0.1, -0.05) is 12.2 Å². The van der Waals surface area contributed by atoms with Crippen molar-refractivity contribution in [3.8, 4) is 0 Å². The van der Waals surface area contributed by atoms with Crippen LogP contribution in [-0.2, 0) is 0 Å². The van der Waals surface area contributed by atoms with E-state index in [1.165, 1.54) is 4.24 Å². The summed E-state index contributed by atoms with van der Waals surface area (Å²) in [5.41, 5.74) is 0. The Morgan fingerprint density at radius 1 is 1.10 bits per heavy atom. The van der Waals surface area contributed by atoms with Crippen molar-refractivity contribution >= 4 is 51.7 Å². The second-order valence-electron chi connectivity index (χ2n) is 1.39. The van der Waals surface area contributed by atoms with Crippen molar-refractivity contribution in [1.82, 2.24) is 0 Å². The van der Waals surface area contributed by atoms with Crippen LogP contribution in [0.15, 0.2) is 10.3 Å². The van der Waals surface area contributed by atoms with E-state index in [1.54, 1.807) is 35.3 Å². The van der Waals surface area contributed by atoms with Gasteiger partial charge in [0, 0.05) is 4.24 Å². The lowest BCUT2D eigenvalue weighted by Gasteiger charge is -1.97. The first-order chi connectivity index (χ1) is 4.74. The quantitative estimate of drug-likeness (QED) is 0.518. The predicted molar refractivity (Wildman–Crippen MR) is 61.2 cm³/mol. The van der Waals surface area contributed by atoms with E-state index in [-0.39, 0.29) is 0 Å². The summed E-state index contributed by atoms with van der Waals surface area (Å²) >= 11 is 10.1. The Morgan fingerprint density at radius 3 is 1.90 bits per heavy atom. The number of rotatable bonds is 3. The van der Waals surface area contributed by atoms with Gasteiger partial charge >= 0.3 is 0 Å². The molecule has 0 heterocycles. The van der Waals surface area contributed by atoms with Gasteiger partial charge < -0.3 is 0 Å². The molecule has 0 bridgehead atoms. The number of hydrogen-bond donors (Lipinski definition) is 0. The van der Waals surface area contributed by atoms with Gasteiger partial charge in [0.2, 0.25) is 0 Å². The number of hydrogen-bond acceptors (Lipinski definition) is 4. The molecule has 0 N–H and O–H groups in total. The summed E-state index contributed by atoms with van der Waals surface area (Å²) < 4.78 is 2.23. The van der Waals surface area contributed by atoms with Crippen LogP contribution < -0.4 is 0 Å². The maximum absolute atomic E-state index is 5.02. The molecule has 10 heavy (non-hydrogen) atoms. The van der Waals surface area contributed by atoms with Crippen LogP contribution in [0, 0.1) is 0 Å². The van der Waals surface area contributed by atoms with E-state index >= 15 is 0 Å². The first kappa shape index (κ1) is 10.9. The van der Waals surface area contributed by atoms with Gasteiger partial charge in [0.1, 0.15) is 0 Å². The Kier molecular flexibility index (Phi) is 7.16. The lowest BCUT2D eigenvalue weighted by Crippen LogP contribution is -1.78. The summed E-state index contributed by atoms with van der Waals surface area (Å²) in [7, 11) is 0. The zero-order valence-electron chi connectivity index (χ0n) is 6.21. The topological polar surface area (TPSA) is 0 Å². The highest BCUT2D eigenvalue weighted by molar-refractivity contribution is 8.24. The van der Waals surface area contributed by atoms with E-state index in [1.807, 2.05) is 12.3 Å². The van der Waals surface area contributed by atoms with E-state index < -0.39 is 0 Å². The Morgan fingerprint density at radius 2 is 1.60 bits per heavy atom. The Labute approximate surface area is 80.6 Å².